The Morgan fingerprint density at radius 1 is 1.05 bits per heavy atom. The number of benzene rings is 2. The van der Waals surface area contributed by atoms with Crippen molar-refractivity contribution >= 4 is 5.97 Å². The summed E-state index contributed by atoms with van der Waals surface area (Å²) >= 11 is 0. The van der Waals surface area contributed by atoms with E-state index in [1.807, 2.05) is 37.3 Å². The van der Waals surface area contributed by atoms with E-state index < -0.39 is 12.0 Å². The van der Waals surface area contributed by atoms with E-state index in [4.69, 9.17) is 0 Å². The van der Waals surface area contributed by atoms with Gasteiger partial charge in [0.25, 0.3) is 0 Å². The van der Waals surface area contributed by atoms with Crippen LogP contribution < -0.4 is 5.32 Å². The van der Waals surface area contributed by atoms with Crippen molar-refractivity contribution in [1.82, 2.24) is 5.32 Å². The van der Waals surface area contributed by atoms with Crippen molar-refractivity contribution in [3.63, 3.8) is 0 Å². The van der Waals surface area contributed by atoms with E-state index >= 15 is 0 Å². The number of carboxylic acid groups (broad SMARTS) is 1. The Bertz CT molecular complexity index is 583. The maximum Gasteiger partial charge on any atom is 0.325 e. The van der Waals surface area contributed by atoms with Gasteiger partial charge in [0.05, 0.1) is 0 Å². The highest BCUT2D eigenvalue weighted by Gasteiger charge is 2.22. The molecule has 0 heterocycles. The normalized spacial score (nSPS) is 13.7. The number of phenolic OH excluding ortho intramolecular Hbond substituents is 1. The fourth-order valence-electron chi connectivity index (χ4n) is 2.10. The maximum atomic E-state index is 11.4. The van der Waals surface area contributed by atoms with Crippen LogP contribution in [-0.4, -0.2) is 16.2 Å². The van der Waals surface area contributed by atoms with Crippen LogP contribution in [-0.2, 0) is 4.79 Å². The van der Waals surface area contributed by atoms with E-state index in [0.717, 1.165) is 5.56 Å². The number of carbonyl (C=O) groups is 1. The number of aromatic hydroxyl groups is 1. The summed E-state index contributed by atoms with van der Waals surface area (Å²) in [5, 5.41) is 21.9. The maximum absolute atomic E-state index is 11.4. The van der Waals surface area contributed by atoms with Crippen LogP contribution in [0.5, 0.6) is 5.75 Å². The monoisotopic (exact) mass is 271 g/mol. The second-order valence-electron chi connectivity index (χ2n) is 4.67. The van der Waals surface area contributed by atoms with Crippen molar-refractivity contribution in [1.29, 1.82) is 0 Å². The summed E-state index contributed by atoms with van der Waals surface area (Å²) in [5.41, 5.74) is 1.54. The van der Waals surface area contributed by atoms with Crippen LogP contribution in [0.1, 0.15) is 30.1 Å². The van der Waals surface area contributed by atoms with Gasteiger partial charge in [0, 0.05) is 6.04 Å². The van der Waals surface area contributed by atoms with Gasteiger partial charge >= 0.3 is 5.97 Å². The molecule has 2 aromatic carbocycles. The van der Waals surface area contributed by atoms with Gasteiger partial charge in [0.2, 0.25) is 0 Å². The third-order valence-corrected chi connectivity index (χ3v) is 3.17. The fourth-order valence-corrected chi connectivity index (χ4v) is 2.10. The minimum Gasteiger partial charge on any atom is -0.508 e. The Kier molecular flexibility index (Phi) is 4.38. The first kappa shape index (κ1) is 14.1. The van der Waals surface area contributed by atoms with E-state index in [-0.39, 0.29) is 11.8 Å². The quantitative estimate of drug-likeness (QED) is 0.782. The lowest BCUT2D eigenvalue weighted by molar-refractivity contribution is -0.139. The van der Waals surface area contributed by atoms with Gasteiger partial charge in [0.15, 0.2) is 0 Å². The number of nitrogens with one attached hydrogen (secondary N) is 1. The van der Waals surface area contributed by atoms with E-state index in [1.165, 1.54) is 12.1 Å². The van der Waals surface area contributed by atoms with Crippen molar-refractivity contribution in [2.45, 2.75) is 19.0 Å². The molecule has 2 rings (SSSR count). The van der Waals surface area contributed by atoms with Crippen LogP contribution in [0.25, 0.3) is 0 Å². The molecule has 0 saturated carbocycles. The Hall–Kier alpha value is -2.33. The highest BCUT2D eigenvalue weighted by molar-refractivity contribution is 5.75. The molecule has 0 aliphatic carbocycles. The second-order valence-corrected chi connectivity index (χ2v) is 4.67. The lowest BCUT2D eigenvalue weighted by Gasteiger charge is -2.21. The predicted octanol–water partition coefficient (Wildman–Crippen LogP) is 2.87. The number of hydrogen-bond donors (Lipinski definition) is 3. The Morgan fingerprint density at radius 2 is 1.70 bits per heavy atom. The summed E-state index contributed by atoms with van der Waals surface area (Å²) in [5.74, 6) is -0.915. The fraction of sp³-hybridized carbons (Fsp3) is 0.188. The number of aliphatic carboxylic acids is 1. The highest BCUT2D eigenvalue weighted by Crippen LogP contribution is 2.22. The van der Waals surface area contributed by atoms with Gasteiger partial charge in [-0.05, 0) is 30.2 Å². The molecular formula is C16H17NO3. The Labute approximate surface area is 117 Å². The third-order valence-electron chi connectivity index (χ3n) is 3.17. The van der Waals surface area contributed by atoms with Crippen LogP contribution >= 0.6 is 0 Å². The summed E-state index contributed by atoms with van der Waals surface area (Å²) in [4.78, 5) is 11.4. The molecule has 2 atom stereocenters. The summed E-state index contributed by atoms with van der Waals surface area (Å²) in [7, 11) is 0. The van der Waals surface area contributed by atoms with Crippen LogP contribution in [0.3, 0.4) is 0 Å². The van der Waals surface area contributed by atoms with Gasteiger partial charge in [-0.3, -0.25) is 10.1 Å². The van der Waals surface area contributed by atoms with Crippen LogP contribution in [0, 0.1) is 0 Å². The van der Waals surface area contributed by atoms with Gasteiger partial charge < -0.3 is 10.2 Å². The summed E-state index contributed by atoms with van der Waals surface area (Å²) in [6.07, 6.45) is 0. The van der Waals surface area contributed by atoms with Gasteiger partial charge in [-0.1, -0.05) is 42.5 Å². The molecule has 0 saturated heterocycles. The summed E-state index contributed by atoms with van der Waals surface area (Å²) in [6.45, 7) is 1.91. The molecule has 0 aromatic heterocycles. The van der Waals surface area contributed by atoms with Crippen molar-refractivity contribution in [2.75, 3.05) is 0 Å². The lowest BCUT2D eigenvalue weighted by atomic mass is 10.0. The third kappa shape index (κ3) is 3.36. The Balaban J connectivity index is 2.20. The molecule has 4 heteroatoms. The van der Waals surface area contributed by atoms with Crippen molar-refractivity contribution in [2.24, 2.45) is 0 Å². The van der Waals surface area contributed by atoms with Gasteiger partial charge in [-0.2, -0.15) is 0 Å². The highest BCUT2D eigenvalue weighted by atomic mass is 16.4. The van der Waals surface area contributed by atoms with Crippen molar-refractivity contribution in [3.8, 4) is 5.75 Å². The standard InChI is InChI=1S/C16H17NO3/c1-11(12-6-3-2-4-7-12)17-15(16(19)20)13-8-5-9-14(18)10-13/h2-11,15,17-18H,1H3,(H,19,20). The first-order valence-electron chi connectivity index (χ1n) is 6.40. The van der Waals surface area contributed by atoms with E-state index in [1.54, 1.807) is 12.1 Å². The molecular weight excluding hydrogens is 254 g/mol. The smallest absolute Gasteiger partial charge is 0.325 e. The van der Waals surface area contributed by atoms with Crippen molar-refractivity contribution in [3.05, 3.63) is 65.7 Å². The average molecular weight is 271 g/mol. The van der Waals surface area contributed by atoms with Crippen LogP contribution in [0.2, 0.25) is 0 Å². The predicted molar refractivity (Wildman–Crippen MR) is 76.5 cm³/mol. The zero-order valence-corrected chi connectivity index (χ0v) is 11.2. The van der Waals surface area contributed by atoms with Crippen LogP contribution in [0.4, 0.5) is 0 Å². The molecule has 104 valence electrons. The van der Waals surface area contributed by atoms with Crippen molar-refractivity contribution < 1.29 is 15.0 Å². The average Bonchev–Trinajstić information content (AvgIpc) is 2.45. The molecule has 2 aromatic rings. The zero-order valence-electron chi connectivity index (χ0n) is 11.2. The van der Waals surface area contributed by atoms with Gasteiger partial charge in [-0.15, -0.1) is 0 Å². The minimum absolute atomic E-state index is 0.0583. The van der Waals surface area contributed by atoms with E-state index in [0.29, 0.717) is 5.56 Å². The molecule has 0 fully saturated rings. The molecule has 0 aliphatic rings. The van der Waals surface area contributed by atoms with E-state index in [9.17, 15) is 15.0 Å². The number of phenols is 1. The number of carboxylic acids is 1. The first-order valence-corrected chi connectivity index (χ1v) is 6.40. The largest absolute Gasteiger partial charge is 0.508 e. The molecule has 0 radical (unpaired) electrons. The molecule has 4 nitrogen and oxygen atoms in total. The minimum atomic E-state index is -0.974. The van der Waals surface area contributed by atoms with E-state index in [2.05, 4.69) is 5.32 Å². The van der Waals surface area contributed by atoms with Gasteiger partial charge in [-0.25, -0.2) is 0 Å². The zero-order chi connectivity index (χ0) is 14.5. The molecule has 0 spiro atoms. The summed E-state index contributed by atoms with van der Waals surface area (Å²) in [6, 6.07) is 15.0. The molecule has 2 unspecified atom stereocenters. The SMILES string of the molecule is CC(NC(C(=O)O)c1cccc(O)c1)c1ccccc1. The van der Waals surface area contributed by atoms with Crippen LogP contribution in [0.15, 0.2) is 54.6 Å². The first-order chi connectivity index (χ1) is 9.58. The number of rotatable bonds is 5. The number of hydrogen-bond acceptors (Lipinski definition) is 3. The molecule has 0 bridgehead atoms. The Morgan fingerprint density at radius 3 is 2.30 bits per heavy atom. The molecule has 20 heavy (non-hydrogen) atoms. The second kappa shape index (κ2) is 6.21. The topological polar surface area (TPSA) is 69.6 Å². The lowest BCUT2D eigenvalue weighted by Crippen LogP contribution is -2.30. The molecule has 0 amide bonds. The summed E-state index contributed by atoms with van der Waals surface area (Å²) < 4.78 is 0. The molecule has 3 N–H and O–H groups in total. The molecule has 0 aliphatic heterocycles. The van der Waals surface area contributed by atoms with Gasteiger partial charge in [0.1, 0.15) is 11.8 Å².